The monoisotopic (exact) mass is 1050 g/mol. The van der Waals surface area contributed by atoms with Crippen molar-refractivity contribution < 1.29 is 28.8 Å². The molecule has 4 aromatic rings. The number of aryl methyl sites for hydroxylation is 4. The molecule has 0 unspecified atom stereocenters. The van der Waals surface area contributed by atoms with Gasteiger partial charge in [-0.2, -0.15) is 0 Å². The predicted molar refractivity (Wildman–Crippen MR) is 277 cm³/mol. The molecule has 6 amide bonds. The van der Waals surface area contributed by atoms with E-state index in [0.717, 1.165) is 49.7 Å². The second-order valence-electron chi connectivity index (χ2n) is 19.5. The van der Waals surface area contributed by atoms with Crippen molar-refractivity contribution in [1.29, 1.82) is 0 Å². The van der Waals surface area contributed by atoms with Crippen LogP contribution in [-0.4, -0.2) is 139 Å². The number of halogens is 2. The van der Waals surface area contributed by atoms with Crippen molar-refractivity contribution in [2.45, 2.75) is 159 Å². The van der Waals surface area contributed by atoms with Gasteiger partial charge in [0.15, 0.2) is 0 Å². The minimum atomic E-state index is -0.976. The summed E-state index contributed by atoms with van der Waals surface area (Å²) in [7, 11) is 3.34. The molecule has 20 nitrogen and oxygen atoms in total. The second-order valence-corrected chi connectivity index (χ2v) is 19.5. The standard InChI is InChI=1S/C51H70N14O6.2ClH/c1-32(52-3)46(66)56-42(50(70)64-26-11-22-44(64)48(68)54-40-20-9-16-34-14-5-7-18-38(34)40)28-36-30-62(60-58-36)24-13-25-63-31-37(59-61-63)29-43(57-47(67)33(2)53-4)51(71)65-27-12-23-45(65)49(69)55-41-21-10-17-35-15-6-8-19-39(35)41;;/h5-8,14-15,18-19,30-33,40-45,52-53H,9-13,16-17,20-29H2,1-4H3,(H,54,68)(H,55,69)(H,56,66)(H,57,67);2*1H/t32-,33-,40+,41+,42-,43-,44-,45-;;/m0../s1. The summed E-state index contributed by atoms with van der Waals surface area (Å²) >= 11 is 0. The van der Waals surface area contributed by atoms with Gasteiger partial charge in [0, 0.05) is 51.4 Å². The third kappa shape index (κ3) is 13.8. The van der Waals surface area contributed by atoms with Crippen molar-refractivity contribution in [1.82, 2.24) is 71.7 Å². The Kier molecular flexibility index (Phi) is 20.3. The number of carbonyl (C=O) groups excluding carboxylic acids is 6. The van der Waals surface area contributed by atoms with Crippen molar-refractivity contribution >= 4 is 60.3 Å². The Morgan fingerprint density at radius 1 is 0.589 bits per heavy atom. The average molecular weight is 1050 g/mol. The summed E-state index contributed by atoms with van der Waals surface area (Å²) in [5.41, 5.74) is 5.73. The molecule has 22 heteroatoms. The summed E-state index contributed by atoms with van der Waals surface area (Å²) in [5, 5.41) is 35.5. The van der Waals surface area contributed by atoms with Crippen LogP contribution in [0, 0.1) is 0 Å². The van der Waals surface area contributed by atoms with Crippen LogP contribution in [0.1, 0.15) is 117 Å². The van der Waals surface area contributed by atoms with Crippen LogP contribution in [-0.2, 0) is 67.5 Å². The number of likely N-dealkylation sites (tertiary alicyclic amines) is 2. The van der Waals surface area contributed by atoms with Crippen LogP contribution in [0.3, 0.4) is 0 Å². The van der Waals surface area contributed by atoms with Crippen molar-refractivity contribution in [3.8, 4) is 0 Å². The van der Waals surface area contributed by atoms with E-state index in [0.29, 0.717) is 69.7 Å². The van der Waals surface area contributed by atoms with Gasteiger partial charge in [-0.3, -0.25) is 38.1 Å². The van der Waals surface area contributed by atoms with Gasteiger partial charge >= 0.3 is 0 Å². The van der Waals surface area contributed by atoms with Crippen LogP contribution >= 0.6 is 24.8 Å². The van der Waals surface area contributed by atoms with E-state index in [2.05, 4.69) is 76.8 Å². The fraction of sp³-hybridized carbons (Fsp3) is 0.569. The highest BCUT2D eigenvalue weighted by Gasteiger charge is 2.41. The number of fused-ring (bicyclic) bond motifs is 2. The van der Waals surface area contributed by atoms with E-state index < -0.39 is 36.3 Å². The van der Waals surface area contributed by atoms with E-state index in [9.17, 15) is 28.8 Å². The van der Waals surface area contributed by atoms with Crippen LogP contribution in [0.4, 0.5) is 0 Å². The molecule has 0 radical (unpaired) electrons. The normalized spacial score (nSPS) is 20.7. The summed E-state index contributed by atoms with van der Waals surface area (Å²) in [6, 6.07) is 11.7. The number of amides is 6. The number of rotatable bonds is 20. The van der Waals surface area contributed by atoms with Gasteiger partial charge in [0.1, 0.15) is 24.2 Å². The third-order valence-corrected chi connectivity index (χ3v) is 14.7. The maximum Gasteiger partial charge on any atom is 0.246 e. The number of hydrogen-bond donors (Lipinski definition) is 6. The maximum absolute atomic E-state index is 14.3. The molecule has 2 aliphatic heterocycles. The lowest BCUT2D eigenvalue weighted by atomic mass is 9.87. The Morgan fingerprint density at radius 2 is 1.00 bits per heavy atom. The summed E-state index contributed by atoms with van der Waals surface area (Å²) in [5.74, 6) is -1.75. The van der Waals surface area contributed by atoms with E-state index in [1.54, 1.807) is 59.5 Å². The highest BCUT2D eigenvalue weighted by molar-refractivity contribution is 5.95. The van der Waals surface area contributed by atoms with Crippen LogP contribution in [0.25, 0.3) is 0 Å². The van der Waals surface area contributed by atoms with Crippen LogP contribution in [0.15, 0.2) is 60.9 Å². The Hall–Kier alpha value is -5.96. The van der Waals surface area contributed by atoms with E-state index in [-0.39, 0.29) is 85.2 Å². The van der Waals surface area contributed by atoms with Crippen molar-refractivity contribution in [2.24, 2.45) is 0 Å². The maximum atomic E-state index is 14.3. The zero-order valence-corrected chi connectivity index (χ0v) is 43.9. The van der Waals surface area contributed by atoms with Gasteiger partial charge in [0.2, 0.25) is 35.4 Å². The lowest BCUT2D eigenvalue weighted by Gasteiger charge is -2.31. The average Bonchev–Trinajstić information content (AvgIpc) is 4.24. The number of nitrogens with one attached hydrogen (secondary N) is 6. The molecule has 4 heterocycles. The van der Waals surface area contributed by atoms with Gasteiger partial charge in [-0.05, 0) is 121 Å². The van der Waals surface area contributed by atoms with Gasteiger partial charge in [0.05, 0.1) is 35.6 Å². The summed E-state index contributed by atoms with van der Waals surface area (Å²) in [6.07, 6.45) is 12.2. The summed E-state index contributed by atoms with van der Waals surface area (Å²) in [4.78, 5) is 85.9. The molecule has 8 atom stereocenters. The van der Waals surface area contributed by atoms with Gasteiger partial charge in [-0.15, -0.1) is 35.0 Å². The number of likely N-dealkylation sites (N-methyl/N-ethyl adjacent to an activating group) is 2. The van der Waals surface area contributed by atoms with Crippen LogP contribution < -0.4 is 31.9 Å². The third-order valence-electron chi connectivity index (χ3n) is 14.7. The van der Waals surface area contributed by atoms with Crippen LogP contribution in [0.5, 0.6) is 0 Å². The van der Waals surface area contributed by atoms with Gasteiger partial charge in [0.25, 0.3) is 0 Å². The second kappa shape index (κ2) is 26.3. The van der Waals surface area contributed by atoms with E-state index >= 15 is 0 Å². The minimum absolute atomic E-state index is 0. The van der Waals surface area contributed by atoms with Crippen molar-refractivity contribution in [3.63, 3.8) is 0 Å². The fourth-order valence-corrected chi connectivity index (χ4v) is 10.5. The topological polar surface area (TPSA) is 242 Å². The number of nitrogens with zero attached hydrogens (tertiary/aromatic N) is 8. The Bertz CT molecular complexity index is 2370. The smallest absolute Gasteiger partial charge is 0.246 e. The number of carbonyl (C=O) groups is 6. The first-order valence-corrected chi connectivity index (χ1v) is 25.5. The molecule has 2 aromatic carbocycles. The largest absolute Gasteiger partial charge is 0.347 e. The highest BCUT2D eigenvalue weighted by Crippen LogP contribution is 2.32. The zero-order chi connectivity index (χ0) is 50.0. The van der Waals surface area contributed by atoms with E-state index in [4.69, 9.17) is 0 Å². The molecule has 6 N–H and O–H groups in total. The van der Waals surface area contributed by atoms with Gasteiger partial charge < -0.3 is 41.7 Å². The molecule has 2 aliphatic carbocycles. The lowest BCUT2D eigenvalue weighted by molar-refractivity contribution is -0.141. The Balaban J connectivity index is 0.00000435. The molecule has 8 rings (SSSR count). The first kappa shape index (κ1) is 56.3. The predicted octanol–water partition coefficient (Wildman–Crippen LogP) is 2.44. The summed E-state index contributed by atoms with van der Waals surface area (Å²) < 4.78 is 3.34. The lowest BCUT2D eigenvalue weighted by Crippen LogP contribution is -2.56. The Morgan fingerprint density at radius 3 is 1.41 bits per heavy atom. The Labute approximate surface area is 439 Å². The molecule has 396 valence electrons. The highest BCUT2D eigenvalue weighted by atomic mass is 35.5. The van der Waals surface area contributed by atoms with Crippen molar-refractivity contribution in [3.05, 3.63) is 94.6 Å². The van der Waals surface area contributed by atoms with E-state index in [1.807, 2.05) is 24.3 Å². The number of aromatic nitrogens is 6. The molecule has 0 bridgehead atoms. The fourth-order valence-electron chi connectivity index (χ4n) is 10.5. The minimum Gasteiger partial charge on any atom is -0.347 e. The number of hydrogen-bond acceptors (Lipinski definition) is 12. The van der Waals surface area contributed by atoms with Gasteiger partial charge in [-0.1, -0.05) is 59.0 Å². The molecule has 2 aromatic heterocycles. The summed E-state index contributed by atoms with van der Waals surface area (Å²) in [6.45, 7) is 5.13. The molecule has 73 heavy (non-hydrogen) atoms. The molecule has 0 saturated carbocycles. The quantitative estimate of drug-likeness (QED) is 0.0749. The number of benzene rings is 2. The van der Waals surface area contributed by atoms with Crippen molar-refractivity contribution in [2.75, 3.05) is 27.2 Å². The zero-order valence-electron chi connectivity index (χ0n) is 42.3. The van der Waals surface area contributed by atoms with E-state index in [1.165, 1.54) is 11.1 Å². The molecular formula is C51H72Cl2N14O6. The molecule has 2 fully saturated rings. The molecular weight excluding hydrogens is 976 g/mol. The van der Waals surface area contributed by atoms with Gasteiger partial charge in [-0.25, -0.2) is 0 Å². The molecule has 2 saturated heterocycles. The first-order valence-electron chi connectivity index (χ1n) is 25.5. The molecule has 0 spiro atoms. The first-order chi connectivity index (χ1) is 34.4. The van der Waals surface area contributed by atoms with Crippen LogP contribution in [0.2, 0.25) is 0 Å². The SMILES string of the molecule is CN[C@@H](C)C(=O)N[C@@H](Cc1cn(CCCn2cc(C[C@H](NC(=O)[C@H](C)NC)C(=O)N3CCC[C@H]3C(=O)N[C@@H]3CCCc4ccccc43)nn2)nn1)C(=O)N1CCC[C@H]1C(=O)N[C@@H]1CCCc2ccccc21.Cl.Cl. The molecule has 4 aliphatic rings.